The first-order valence-electron chi connectivity index (χ1n) is 8.25. The van der Waals surface area contributed by atoms with Crippen molar-refractivity contribution in [1.82, 2.24) is 20.2 Å². The maximum atomic E-state index is 12.6. The Morgan fingerprint density at radius 2 is 2.04 bits per heavy atom. The van der Waals surface area contributed by atoms with Gasteiger partial charge in [-0.1, -0.05) is 18.2 Å². The predicted molar refractivity (Wildman–Crippen MR) is 98.9 cm³/mol. The summed E-state index contributed by atoms with van der Waals surface area (Å²) in [5.41, 5.74) is 7.63. The van der Waals surface area contributed by atoms with Crippen LogP contribution in [0, 0.1) is 20.8 Å². The summed E-state index contributed by atoms with van der Waals surface area (Å²) in [4.78, 5) is 17.0. The molecular formula is C19H21N5O. The molecule has 0 spiro atoms. The zero-order valence-corrected chi connectivity index (χ0v) is 14.9. The number of carbonyl (C=O) groups excluding carboxylic acids is 1. The summed E-state index contributed by atoms with van der Waals surface area (Å²) in [7, 11) is 0. The molecule has 2 heterocycles. The van der Waals surface area contributed by atoms with Gasteiger partial charge >= 0.3 is 0 Å². The lowest BCUT2D eigenvalue weighted by molar-refractivity contribution is 0.0956. The van der Waals surface area contributed by atoms with Crippen LogP contribution in [0.25, 0.3) is 10.9 Å². The summed E-state index contributed by atoms with van der Waals surface area (Å²) in [6.07, 6.45) is 1.65. The van der Waals surface area contributed by atoms with Gasteiger partial charge in [-0.2, -0.15) is 10.2 Å². The number of aromatic nitrogens is 3. The summed E-state index contributed by atoms with van der Waals surface area (Å²) >= 11 is 0. The van der Waals surface area contributed by atoms with Gasteiger partial charge in [-0.25, -0.2) is 5.43 Å². The SMILES string of the molecule is CCn1nc(C)c(/C=N/NC(=O)c2cc(C)nc3ccccc23)c1C. The lowest BCUT2D eigenvalue weighted by Crippen LogP contribution is -2.18. The van der Waals surface area contributed by atoms with Crippen molar-refractivity contribution in [3.05, 3.63) is 58.5 Å². The number of nitrogens with one attached hydrogen (secondary N) is 1. The van der Waals surface area contributed by atoms with Crippen molar-refractivity contribution in [3.63, 3.8) is 0 Å². The molecular weight excluding hydrogens is 314 g/mol. The first-order valence-corrected chi connectivity index (χ1v) is 8.25. The highest BCUT2D eigenvalue weighted by Crippen LogP contribution is 2.18. The molecule has 0 bridgehead atoms. The number of benzene rings is 1. The fourth-order valence-electron chi connectivity index (χ4n) is 2.92. The lowest BCUT2D eigenvalue weighted by atomic mass is 10.1. The molecule has 1 aromatic carbocycles. The highest BCUT2D eigenvalue weighted by atomic mass is 16.2. The van der Waals surface area contributed by atoms with E-state index in [-0.39, 0.29) is 5.91 Å². The molecule has 0 aliphatic carbocycles. The summed E-state index contributed by atoms with van der Waals surface area (Å²) < 4.78 is 1.91. The van der Waals surface area contributed by atoms with E-state index in [1.807, 2.05) is 56.6 Å². The molecule has 6 heteroatoms. The molecule has 0 aliphatic rings. The summed E-state index contributed by atoms with van der Waals surface area (Å²) in [5, 5.41) is 9.38. The minimum Gasteiger partial charge on any atom is -0.269 e. The molecule has 2 aromatic heterocycles. The minimum atomic E-state index is -0.254. The fourth-order valence-corrected chi connectivity index (χ4v) is 2.92. The molecule has 25 heavy (non-hydrogen) atoms. The number of hydrazone groups is 1. The van der Waals surface area contributed by atoms with Crippen molar-refractivity contribution >= 4 is 23.0 Å². The molecule has 1 N–H and O–H groups in total. The molecule has 0 unspecified atom stereocenters. The average molecular weight is 335 g/mol. The van der Waals surface area contributed by atoms with Gasteiger partial charge in [-0.05, 0) is 39.8 Å². The second-order valence-electron chi connectivity index (χ2n) is 5.93. The molecule has 0 fully saturated rings. The third kappa shape index (κ3) is 3.28. The summed E-state index contributed by atoms with van der Waals surface area (Å²) in [5.74, 6) is -0.254. The van der Waals surface area contributed by atoms with Crippen LogP contribution in [0.3, 0.4) is 0 Å². The van der Waals surface area contributed by atoms with Crippen molar-refractivity contribution in [2.45, 2.75) is 34.2 Å². The molecule has 0 atom stereocenters. The maximum Gasteiger partial charge on any atom is 0.272 e. The molecule has 0 radical (unpaired) electrons. The van der Waals surface area contributed by atoms with E-state index in [1.165, 1.54) is 0 Å². The zero-order chi connectivity index (χ0) is 18.0. The second kappa shape index (κ2) is 6.84. The van der Waals surface area contributed by atoms with Crippen LogP contribution in [0.5, 0.6) is 0 Å². The molecule has 0 aliphatic heterocycles. The van der Waals surface area contributed by atoms with E-state index in [1.54, 1.807) is 12.3 Å². The number of hydrogen-bond donors (Lipinski definition) is 1. The minimum absolute atomic E-state index is 0.254. The highest BCUT2D eigenvalue weighted by molar-refractivity contribution is 6.06. The Bertz CT molecular complexity index is 971. The zero-order valence-electron chi connectivity index (χ0n) is 14.9. The third-order valence-electron chi connectivity index (χ3n) is 4.19. The fraction of sp³-hybridized carbons (Fsp3) is 0.263. The molecule has 1 amide bonds. The van der Waals surface area contributed by atoms with E-state index in [0.717, 1.165) is 40.1 Å². The van der Waals surface area contributed by atoms with Crippen LogP contribution >= 0.6 is 0 Å². The average Bonchev–Trinajstić information content (AvgIpc) is 2.88. The third-order valence-corrected chi connectivity index (χ3v) is 4.19. The molecule has 0 saturated heterocycles. The molecule has 0 saturated carbocycles. The second-order valence-corrected chi connectivity index (χ2v) is 5.93. The van der Waals surface area contributed by atoms with Gasteiger partial charge in [0.1, 0.15) is 0 Å². The monoisotopic (exact) mass is 335 g/mol. The van der Waals surface area contributed by atoms with Crippen LogP contribution in [0.4, 0.5) is 0 Å². The number of hydrogen-bond acceptors (Lipinski definition) is 4. The van der Waals surface area contributed by atoms with Crippen molar-refractivity contribution in [2.75, 3.05) is 0 Å². The van der Waals surface area contributed by atoms with Crippen LogP contribution in [-0.2, 0) is 6.54 Å². The van der Waals surface area contributed by atoms with Gasteiger partial charge in [0, 0.05) is 28.9 Å². The Morgan fingerprint density at radius 3 is 2.76 bits per heavy atom. The van der Waals surface area contributed by atoms with Crippen LogP contribution in [-0.4, -0.2) is 26.9 Å². The first kappa shape index (κ1) is 16.8. The van der Waals surface area contributed by atoms with Gasteiger partial charge in [0.2, 0.25) is 0 Å². The van der Waals surface area contributed by atoms with Gasteiger partial charge in [-0.15, -0.1) is 0 Å². The Hall–Kier alpha value is -3.02. The number of aryl methyl sites for hydroxylation is 3. The normalized spacial score (nSPS) is 11.4. The van der Waals surface area contributed by atoms with Crippen molar-refractivity contribution in [2.24, 2.45) is 5.10 Å². The number of fused-ring (bicyclic) bond motifs is 1. The molecule has 128 valence electrons. The number of amides is 1. The standard InChI is InChI=1S/C19H21N5O/c1-5-24-14(4)17(13(3)23-24)11-20-22-19(25)16-10-12(2)21-18-9-7-6-8-15(16)18/h6-11H,5H2,1-4H3,(H,22,25)/b20-11+. The number of nitrogens with zero attached hydrogens (tertiary/aromatic N) is 4. The molecule has 6 nitrogen and oxygen atoms in total. The van der Waals surface area contributed by atoms with Crippen LogP contribution in [0.1, 0.15) is 39.9 Å². The van der Waals surface area contributed by atoms with Crippen LogP contribution < -0.4 is 5.43 Å². The van der Waals surface area contributed by atoms with Crippen molar-refractivity contribution < 1.29 is 4.79 Å². The number of para-hydroxylation sites is 1. The molecule has 3 aromatic rings. The van der Waals surface area contributed by atoms with Crippen LogP contribution in [0.2, 0.25) is 0 Å². The highest BCUT2D eigenvalue weighted by Gasteiger charge is 2.12. The largest absolute Gasteiger partial charge is 0.272 e. The van der Waals surface area contributed by atoms with Gasteiger partial charge in [0.15, 0.2) is 0 Å². The van der Waals surface area contributed by atoms with Crippen molar-refractivity contribution in [1.29, 1.82) is 0 Å². The Labute approximate surface area is 146 Å². The van der Waals surface area contributed by atoms with Crippen molar-refractivity contribution in [3.8, 4) is 0 Å². The smallest absolute Gasteiger partial charge is 0.269 e. The van der Waals surface area contributed by atoms with E-state index < -0.39 is 0 Å². The Balaban J connectivity index is 1.85. The van der Waals surface area contributed by atoms with E-state index in [2.05, 4.69) is 20.6 Å². The number of rotatable bonds is 4. The van der Waals surface area contributed by atoms with E-state index in [9.17, 15) is 4.79 Å². The van der Waals surface area contributed by atoms with Gasteiger partial charge in [0.05, 0.1) is 23.0 Å². The summed E-state index contributed by atoms with van der Waals surface area (Å²) in [6, 6.07) is 9.36. The van der Waals surface area contributed by atoms with Gasteiger partial charge < -0.3 is 0 Å². The predicted octanol–water partition coefficient (Wildman–Crippen LogP) is 3.14. The quantitative estimate of drug-likeness (QED) is 0.588. The van der Waals surface area contributed by atoms with E-state index in [4.69, 9.17) is 0 Å². The van der Waals surface area contributed by atoms with Gasteiger partial charge in [-0.3, -0.25) is 14.5 Å². The summed E-state index contributed by atoms with van der Waals surface area (Å²) in [6.45, 7) is 8.64. The molecule has 3 rings (SSSR count). The topological polar surface area (TPSA) is 72.2 Å². The first-order chi connectivity index (χ1) is 12.0. The van der Waals surface area contributed by atoms with Gasteiger partial charge in [0.25, 0.3) is 5.91 Å². The lowest BCUT2D eigenvalue weighted by Gasteiger charge is -2.06. The number of pyridine rings is 1. The Morgan fingerprint density at radius 1 is 1.28 bits per heavy atom. The maximum absolute atomic E-state index is 12.6. The van der Waals surface area contributed by atoms with E-state index in [0.29, 0.717) is 5.56 Å². The van der Waals surface area contributed by atoms with Crippen LogP contribution in [0.15, 0.2) is 35.4 Å². The number of carbonyl (C=O) groups is 1. The Kier molecular flexibility index (Phi) is 4.61. The van der Waals surface area contributed by atoms with E-state index >= 15 is 0 Å².